The van der Waals surface area contributed by atoms with Crippen LogP contribution in [0, 0.1) is 5.82 Å². The fourth-order valence-corrected chi connectivity index (χ4v) is 4.08. The molecule has 0 spiro atoms. The third-order valence-corrected chi connectivity index (χ3v) is 5.79. The van der Waals surface area contributed by atoms with Crippen molar-refractivity contribution < 1.29 is 18.7 Å². The number of rotatable bonds is 9. The molecule has 0 bridgehead atoms. The Morgan fingerprint density at radius 1 is 1.03 bits per heavy atom. The van der Waals surface area contributed by atoms with Crippen molar-refractivity contribution >= 4 is 23.4 Å². The van der Waals surface area contributed by atoms with Crippen molar-refractivity contribution in [1.29, 1.82) is 0 Å². The molecule has 0 fully saturated rings. The Morgan fingerprint density at radius 3 is 2.50 bits per heavy atom. The minimum Gasteiger partial charge on any atom is -0.495 e. The van der Waals surface area contributed by atoms with Crippen molar-refractivity contribution in [2.45, 2.75) is 12.1 Å². The summed E-state index contributed by atoms with van der Waals surface area (Å²) < 4.78 is 27.2. The number of nitrogens with one attached hydrogen (secondary N) is 1. The van der Waals surface area contributed by atoms with Gasteiger partial charge in [0.1, 0.15) is 17.3 Å². The van der Waals surface area contributed by atoms with E-state index in [-0.39, 0.29) is 11.7 Å². The van der Waals surface area contributed by atoms with Gasteiger partial charge in [0.05, 0.1) is 30.8 Å². The van der Waals surface area contributed by atoms with Gasteiger partial charge in [-0.15, -0.1) is 10.2 Å². The van der Waals surface area contributed by atoms with E-state index in [4.69, 9.17) is 9.47 Å². The first kappa shape index (κ1) is 23.3. The minimum absolute atomic E-state index is 0.0495. The van der Waals surface area contributed by atoms with E-state index in [0.29, 0.717) is 34.7 Å². The Kier molecular flexibility index (Phi) is 7.44. The van der Waals surface area contributed by atoms with Crippen molar-refractivity contribution in [2.24, 2.45) is 0 Å². The van der Waals surface area contributed by atoms with Crippen LogP contribution in [0.15, 0.2) is 78.0 Å². The van der Waals surface area contributed by atoms with Gasteiger partial charge in [0.2, 0.25) is 5.91 Å². The van der Waals surface area contributed by atoms with E-state index >= 15 is 0 Å². The van der Waals surface area contributed by atoms with Gasteiger partial charge in [-0.05, 0) is 55.5 Å². The second-order valence-corrected chi connectivity index (χ2v) is 8.03. The second-order valence-electron chi connectivity index (χ2n) is 7.09. The fourth-order valence-electron chi connectivity index (χ4n) is 3.33. The number of ether oxygens (including phenoxy) is 2. The van der Waals surface area contributed by atoms with Crippen molar-refractivity contribution in [2.75, 3.05) is 24.8 Å². The number of halogens is 1. The summed E-state index contributed by atoms with van der Waals surface area (Å²) in [5.74, 6) is 1.13. The number of carbonyl (C=O) groups excluding carboxylic acids is 1. The standard InChI is InChI=1S/C25H23FN4O3S/c1-3-33-18-14-12-17(13-15-18)24-28-29-25(30(24)21-10-6-4-8-19(21)26)34-16-23(31)27-20-9-5-7-11-22(20)32-2/h4-15H,3,16H2,1-2H3,(H,27,31). The molecule has 1 N–H and O–H groups in total. The van der Waals surface area contributed by atoms with Crippen LogP contribution in [0.1, 0.15) is 6.92 Å². The lowest BCUT2D eigenvalue weighted by Gasteiger charge is -2.12. The number of para-hydroxylation sites is 3. The van der Waals surface area contributed by atoms with E-state index in [0.717, 1.165) is 23.1 Å². The molecule has 0 unspecified atom stereocenters. The zero-order chi connectivity index (χ0) is 23.9. The number of carbonyl (C=O) groups is 1. The molecule has 1 heterocycles. The molecule has 0 aliphatic rings. The van der Waals surface area contributed by atoms with E-state index in [9.17, 15) is 9.18 Å². The number of methoxy groups -OCH3 is 1. The summed E-state index contributed by atoms with van der Waals surface area (Å²) in [7, 11) is 1.54. The normalized spacial score (nSPS) is 10.7. The van der Waals surface area contributed by atoms with Gasteiger partial charge in [-0.1, -0.05) is 36.0 Å². The highest BCUT2D eigenvalue weighted by Gasteiger charge is 2.20. The summed E-state index contributed by atoms with van der Waals surface area (Å²) >= 11 is 1.16. The van der Waals surface area contributed by atoms with Gasteiger partial charge in [-0.3, -0.25) is 9.36 Å². The van der Waals surface area contributed by atoms with E-state index in [2.05, 4.69) is 15.5 Å². The predicted molar refractivity (Wildman–Crippen MR) is 130 cm³/mol. The molecule has 3 aromatic carbocycles. The van der Waals surface area contributed by atoms with Gasteiger partial charge in [0.15, 0.2) is 11.0 Å². The van der Waals surface area contributed by atoms with E-state index < -0.39 is 5.82 Å². The quantitative estimate of drug-likeness (QED) is 0.333. The van der Waals surface area contributed by atoms with Crippen molar-refractivity contribution in [3.05, 3.63) is 78.6 Å². The van der Waals surface area contributed by atoms with Gasteiger partial charge >= 0.3 is 0 Å². The monoisotopic (exact) mass is 478 g/mol. The molecule has 1 aromatic heterocycles. The molecule has 0 saturated carbocycles. The molecule has 0 aliphatic carbocycles. The maximum Gasteiger partial charge on any atom is 0.234 e. The number of amides is 1. The number of aromatic nitrogens is 3. The molecule has 174 valence electrons. The van der Waals surface area contributed by atoms with Crippen molar-refractivity contribution in [3.63, 3.8) is 0 Å². The number of nitrogens with zero attached hydrogens (tertiary/aromatic N) is 3. The zero-order valence-electron chi connectivity index (χ0n) is 18.7. The Hall–Kier alpha value is -3.85. The zero-order valence-corrected chi connectivity index (χ0v) is 19.5. The molecular formula is C25H23FN4O3S. The number of anilines is 1. The van der Waals surface area contributed by atoms with Gasteiger partial charge < -0.3 is 14.8 Å². The largest absolute Gasteiger partial charge is 0.495 e. The highest BCUT2D eigenvalue weighted by atomic mass is 32.2. The molecule has 7 nitrogen and oxygen atoms in total. The van der Waals surface area contributed by atoms with Crippen LogP contribution in [-0.4, -0.2) is 40.1 Å². The first-order valence-corrected chi connectivity index (χ1v) is 11.6. The van der Waals surface area contributed by atoms with Crippen LogP contribution < -0.4 is 14.8 Å². The maximum absolute atomic E-state index is 14.8. The Labute approximate surface area is 200 Å². The predicted octanol–water partition coefficient (Wildman–Crippen LogP) is 5.21. The minimum atomic E-state index is -0.421. The van der Waals surface area contributed by atoms with Crippen molar-refractivity contribution in [3.8, 4) is 28.6 Å². The summed E-state index contributed by atoms with van der Waals surface area (Å²) in [5.41, 5.74) is 1.61. The number of thioether (sulfide) groups is 1. The Balaban J connectivity index is 1.61. The van der Waals surface area contributed by atoms with Crippen LogP contribution in [0.25, 0.3) is 17.1 Å². The summed E-state index contributed by atoms with van der Waals surface area (Å²) in [6.07, 6.45) is 0. The van der Waals surface area contributed by atoms with Crippen LogP contribution in [0.4, 0.5) is 10.1 Å². The maximum atomic E-state index is 14.8. The third kappa shape index (κ3) is 5.20. The highest BCUT2D eigenvalue weighted by molar-refractivity contribution is 7.99. The van der Waals surface area contributed by atoms with Gasteiger partial charge in [0.25, 0.3) is 0 Å². The first-order valence-electron chi connectivity index (χ1n) is 10.6. The molecule has 0 saturated heterocycles. The second kappa shape index (κ2) is 10.8. The van der Waals surface area contributed by atoms with E-state index in [1.807, 2.05) is 43.3 Å². The lowest BCUT2D eigenvalue weighted by Crippen LogP contribution is -2.15. The summed E-state index contributed by atoms with van der Waals surface area (Å²) in [4.78, 5) is 12.6. The Morgan fingerprint density at radius 2 is 1.76 bits per heavy atom. The number of hydrogen-bond donors (Lipinski definition) is 1. The van der Waals surface area contributed by atoms with Crippen LogP contribution in [0.5, 0.6) is 11.5 Å². The summed E-state index contributed by atoms with van der Waals surface area (Å²) in [5, 5.41) is 11.8. The SMILES string of the molecule is CCOc1ccc(-c2nnc(SCC(=O)Nc3ccccc3OC)n2-c2ccccc2F)cc1. The smallest absolute Gasteiger partial charge is 0.234 e. The molecular weight excluding hydrogens is 455 g/mol. The van der Waals surface area contributed by atoms with Crippen LogP contribution in [-0.2, 0) is 4.79 Å². The molecule has 4 aromatic rings. The average Bonchev–Trinajstić information content (AvgIpc) is 3.28. The van der Waals surface area contributed by atoms with Gasteiger partial charge in [-0.2, -0.15) is 0 Å². The number of benzene rings is 3. The third-order valence-electron chi connectivity index (χ3n) is 4.86. The van der Waals surface area contributed by atoms with Crippen LogP contribution in [0.2, 0.25) is 0 Å². The molecule has 0 aliphatic heterocycles. The highest BCUT2D eigenvalue weighted by Crippen LogP contribution is 2.30. The Bertz CT molecular complexity index is 1280. The molecule has 1 amide bonds. The summed E-state index contributed by atoms with van der Waals surface area (Å²) in [6.45, 7) is 2.47. The lowest BCUT2D eigenvalue weighted by molar-refractivity contribution is -0.113. The average molecular weight is 479 g/mol. The van der Waals surface area contributed by atoms with Crippen LogP contribution >= 0.6 is 11.8 Å². The fraction of sp³-hybridized carbons (Fsp3) is 0.160. The van der Waals surface area contributed by atoms with Gasteiger partial charge in [0, 0.05) is 5.56 Å². The molecule has 4 rings (SSSR count). The molecule has 9 heteroatoms. The molecule has 0 atom stereocenters. The number of hydrogen-bond acceptors (Lipinski definition) is 6. The lowest BCUT2D eigenvalue weighted by atomic mass is 10.2. The van der Waals surface area contributed by atoms with Crippen LogP contribution in [0.3, 0.4) is 0 Å². The topological polar surface area (TPSA) is 78.3 Å². The summed E-state index contributed by atoms with van der Waals surface area (Å²) in [6, 6.07) is 20.9. The van der Waals surface area contributed by atoms with E-state index in [1.165, 1.54) is 6.07 Å². The van der Waals surface area contributed by atoms with Crippen molar-refractivity contribution in [1.82, 2.24) is 14.8 Å². The van der Waals surface area contributed by atoms with Gasteiger partial charge in [-0.25, -0.2) is 4.39 Å². The molecule has 34 heavy (non-hydrogen) atoms. The molecule has 0 radical (unpaired) electrons. The first-order chi connectivity index (χ1) is 16.6. The van der Waals surface area contributed by atoms with E-state index in [1.54, 1.807) is 42.0 Å².